The zero-order chi connectivity index (χ0) is 25.6. The van der Waals surface area contributed by atoms with Crippen LogP contribution in [0.15, 0.2) is 36.7 Å². The van der Waals surface area contributed by atoms with Crippen molar-refractivity contribution in [3.05, 3.63) is 59.3 Å². The van der Waals surface area contributed by atoms with E-state index in [0.717, 1.165) is 6.07 Å². The van der Waals surface area contributed by atoms with Gasteiger partial charge in [0.2, 0.25) is 0 Å². The van der Waals surface area contributed by atoms with Crippen molar-refractivity contribution in [3.63, 3.8) is 0 Å². The molecule has 6 N–H and O–H groups in total. The Morgan fingerprint density at radius 2 is 2.08 bits per heavy atom. The van der Waals surface area contributed by atoms with Gasteiger partial charge in [-0.3, -0.25) is 14.6 Å². The van der Waals surface area contributed by atoms with E-state index in [1.165, 1.54) is 30.1 Å². The summed E-state index contributed by atoms with van der Waals surface area (Å²) in [5, 5.41) is 7.90. The summed E-state index contributed by atoms with van der Waals surface area (Å²) in [4.78, 5) is 32.5. The van der Waals surface area contributed by atoms with Crippen molar-refractivity contribution >= 4 is 28.5 Å². The number of H-pyrrole nitrogens is 1. The van der Waals surface area contributed by atoms with Gasteiger partial charge in [-0.1, -0.05) is 0 Å². The van der Waals surface area contributed by atoms with E-state index in [-0.39, 0.29) is 53.8 Å². The Balaban J connectivity index is 1.47. The second-order valence-electron chi connectivity index (χ2n) is 8.55. The van der Waals surface area contributed by atoms with Crippen molar-refractivity contribution in [2.24, 2.45) is 5.73 Å². The van der Waals surface area contributed by atoms with E-state index in [2.05, 4.69) is 20.4 Å². The maximum Gasteiger partial charge on any atom is 0.255 e. The van der Waals surface area contributed by atoms with Gasteiger partial charge in [-0.05, 0) is 24.3 Å². The number of nitrogen functional groups attached to an aromatic ring is 1. The fourth-order valence-corrected chi connectivity index (χ4v) is 4.43. The van der Waals surface area contributed by atoms with Crippen molar-refractivity contribution < 1.29 is 23.1 Å². The summed E-state index contributed by atoms with van der Waals surface area (Å²) in [6.45, 7) is 0.0228. The number of nitrogens with one attached hydrogen (secondary N) is 2. The molecule has 1 aliphatic rings. The van der Waals surface area contributed by atoms with Crippen molar-refractivity contribution in [2.45, 2.75) is 31.6 Å². The Morgan fingerprint density at radius 1 is 1.31 bits per heavy atom. The summed E-state index contributed by atoms with van der Waals surface area (Å²) >= 11 is 0. The highest BCUT2D eigenvalue weighted by Gasteiger charge is 2.35. The molecule has 1 aromatic carbocycles. The fraction of sp³-hybridized carbons (Fsp3) is 0.250. The van der Waals surface area contributed by atoms with Crippen molar-refractivity contribution in [2.75, 3.05) is 12.8 Å². The van der Waals surface area contributed by atoms with E-state index < -0.39 is 23.8 Å². The smallest absolute Gasteiger partial charge is 0.255 e. The van der Waals surface area contributed by atoms with Gasteiger partial charge < -0.3 is 26.5 Å². The Morgan fingerprint density at radius 3 is 2.78 bits per heavy atom. The molecule has 10 nitrogen and oxygen atoms in total. The molecular formula is C24H23F2N7O3. The number of carbonyl (C=O) groups is 2. The molecule has 0 spiro atoms. The first-order valence-electron chi connectivity index (χ1n) is 11.2. The summed E-state index contributed by atoms with van der Waals surface area (Å²) in [6.07, 6.45) is 2.78. The molecule has 2 amide bonds. The Bertz CT molecular complexity index is 1490. The van der Waals surface area contributed by atoms with Gasteiger partial charge >= 0.3 is 0 Å². The van der Waals surface area contributed by atoms with Crippen LogP contribution in [0.25, 0.3) is 22.2 Å². The number of hydrogen-bond acceptors (Lipinski definition) is 6. The molecule has 1 fully saturated rings. The Kier molecular flexibility index (Phi) is 5.78. The summed E-state index contributed by atoms with van der Waals surface area (Å²) in [5.74, 6) is -1.54. The number of anilines is 1. The molecule has 0 unspecified atom stereocenters. The van der Waals surface area contributed by atoms with Crippen LogP contribution >= 0.6 is 0 Å². The molecule has 4 aromatic rings. The van der Waals surface area contributed by atoms with Gasteiger partial charge in [0, 0.05) is 36.2 Å². The van der Waals surface area contributed by atoms with Gasteiger partial charge in [-0.15, -0.1) is 0 Å². The number of primary amides is 1. The van der Waals surface area contributed by atoms with Crippen molar-refractivity contribution in [1.29, 1.82) is 0 Å². The number of nitrogens with zero attached hydrogens (tertiary/aromatic N) is 3. The summed E-state index contributed by atoms with van der Waals surface area (Å²) in [5.41, 5.74) is 13.7. The minimum absolute atomic E-state index is 0.0228. The number of amides is 2. The van der Waals surface area contributed by atoms with E-state index in [1.54, 1.807) is 12.3 Å². The van der Waals surface area contributed by atoms with Crippen LogP contribution in [-0.2, 0) is 6.54 Å². The molecule has 36 heavy (non-hydrogen) atoms. The minimum Gasteiger partial charge on any atom is -0.496 e. The highest BCUT2D eigenvalue weighted by atomic mass is 19.1. The first-order chi connectivity index (χ1) is 17.3. The SMILES string of the molecule is COc1ccc(F)cc1C(=O)NCc1ncc(-c2nn(C3CC(F)C3)c(N)c2C(N)=O)c2cc[nH]c12. The molecule has 1 aliphatic carbocycles. The van der Waals surface area contributed by atoms with E-state index in [4.69, 9.17) is 16.2 Å². The summed E-state index contributed by atoms with van der Waals surface area (Å²) < 4.78 is 33.7. The zero-order valence-electron chi connectivity index (χ0n) is 19.2. The van der Waals surface area contributed by atoms with Gasteiger partial charge in [-0.25, -0.2) is 13.5 Å². The second-order valence-corrected chi connectivity index (χ2v) is 8.55. The lowest BCUT2D eigenvalue weighted by Crippen LogP contribution is -2.29. The molecule has 0 saturated heterocycles. The number of alkyl halides is 1. The Hall–Kier alpha value is -4.48. The van der Waals surface area contributed by atoms with Crippen LogP contribution in [0.1, 0.15) is 45.3 Å². The van der Waals surface area contributed by atoms with Crippen LogP contribution in [0, 0.1) is 5.82 Å². The number of ether oxygens (including phenoxy) is 1. The molecule has 186 valence electrons. The molecule has 0 radical (unpaired) electrons. The van der Waals surface area contributed by atoms with E-state index in [1.807, 2.05) is 0 Å². The highest BCUT2D eigenvalue weighted by molar-refractivity contribution is 6.07. The molecule has 1 saturated carbocycles. The van der Waals surface area contributed by atoms with Crippen LogP contribution in [0.5, 0.6) is 5.75 Å². The third-order valence-electron chi connectivity index (χ3n) is 6.35. The number of benzene rings is 1. The lowest BCUT2D eigenvalue weighted by Gasteiger charge is -2.30. The first-order valence-corrected chi connectivity index (χ1v) is 11.2. The fourth-order valence-electron chi connectivity index (χ4n) is 4.43. The quantitative estimate of drug-likeness (QED) is 0.309. The van der Waals surface area contributed by atoms with Crippen LogP contribution in [0.3, 0.4) is 0 Å². The van der Waals surface area contributed by atoms with Crippen molar-refractivity contribution in [3.8, 4) is 17.0 Å². The predicted octanol–water partition coefficient (Wildman–Crippen LogP) is 2.86. The monoisotopic (exact) mass is 495 g/mol. The number of rotatable bonds is 7. The van der Waals surface area contributed by atoms with Crippen LogP contribution in [-0.4, -0.2) is 44.8 Å². The van der Waals surface area contributed by atoms with Gasteiger partial charge in [0.1, 0.15) is 34.8 Å². The normalized spacial score (nSPS) is 17.1. The number of nitrogens with two attached hydrogens (primary N) is 2. The number of aromatic nitrogens is 4. The van der Waals surface area contributed by atoms with Gasteiger partial charge in [-0.2, -0.15) is 5.10 Å². The number of carbonyl (C=O) groups excluding carboxylic acids is 2. The molecule has 12 heteroatoms. The van der Waals surface area contributed by atoms with Crippen LogP contribution in [0.2, 0.25) is 0 Å². The number of pyridine rings is 1. The topological polar surface area (TPSA) is 154 Å². The molecule has 3 heterocycles. The van der Waals surface area contributed by atoms with Gasteiger partial charge in [0.25, 0.3) is 11.8 Å². The first kappa shape index (κ1) is 23.3. The molecule has 0 aliphatic heterocycles. The highest BCUT2D eigenvalue weighted by Crippen LogP contribution is 2.40. The predicted molar refractivity (Wildman–Crippen MR) is 128 cm³/mol. The van der Waals surface area contributed by atoms with E-state index in [0.29, 0.717) is 22.2 Å². The van der Waals surface area contributed by atoms with Gasteiger partial charge in [0.05, 0.1) is 36.5 Å². The third-order valence-corrected chi connectivity index (χ3v) is 6.35. The van der Waals surface area contributed by atoms with Crippen molar-refractivity contribution in [1.82, 2.24) is 25.1 Å². The largest absolute Gasteiger partial charge is 0.496 e. The number of hydrogen-bond donors (Lipinski definition) is 4. The zero-order valence-corrected chi connectivity index (χ0v) is 19.2. The number of halogens is 2. The van der Waals surface area contributed by atoms with E-state index in [9.17, 15) is 18.4 Å². The van der Waals surface area contributed by atoms with Crippen LogP contribution in [0.4, 0.5) is 14.6 Å². The lowest BCUT2D eigenvalue weighted by molar-refractivity contribution is 0.0945. The second kappa shape index (κ2) is 8.95. The molecular weight excluding hydrogens is 472 g/mol. The third kappa shape index (κ3) is 3.89. The Labute approximate surface area is 203 Å². The van der Waals surface area contributed by atoms with Crippen LogP contribution < -0.4 is 21.5 Å². The number of methoxy groups -OCH3 is 1. The molecule has 0 atom stereocenters. The summed E-state index contributed by atoms with van der Waals surface area (Å²) in [7, 11) is 1.39. The van der Waals surface area contributed by atoms with E-state index >= 15 is 0 Å². The lowest BCUT2D eigenvalue weighted by atomic mass is 9.91. The molecule has 5 rings (SSSR count). The number of aromatic amines is 1. The molecule has 3 aromatic heterocycles. The average Bonchev–Trinajstić information content (AvgIpc) is 3.45. The number of fused-ring (bicyclic) bond motifs is 1. The minimum atomic E-state index is -0.932. The maximum atomic E-state index is 13.7. The standard InChI is InChI=1S/C24H23F2N7O3/c1-36-18-3-2-11(25)8-15(18)24(35)31-10-17-20-14(4-5-29-20)16(9-30-17)21-19(23(28)34)22(27)33(32-21)13-6-12(26)7-13/h2-5,8-9,12-13,29H,6-7,10,27H2,1H3,(H2,28,34)(H,31,35). The van der Waals surface area contributed by atoms with Gasteiger partial charge in [0.15, 0.2) is 0 Å². The molecule has 0 bridgehead atoms. The maximum absolute atomic E-state index is 13.7. The summed E-state index contributed by atoms with van der Waals surface area (Å²) in [6, 6.07) is 5.19. The average molecular weight is 495 g/mol.